The van der Waals surface area contributed by atoms with Gasteiger partial charge in [0.25, 0.3) is 0 Å². The summed E-state index contributed by atoms with van der Waals surface area (Å²) in [6.45, 7) is 2.20. The van der Waals surface area contributed by atoms with Crippen molar-refractivity contribution in [1.82, 2.24) is 0 Å². The Morgan fingerprint density at radius 1 is 1.60 bits per heavy atom. The molecular formula is C12H15N3. The predicted molar refractivity (Wildman–Crippen MR) is 61.4 cm³/mol. The summed E-state index contributed by atoms with van der Waals surface area (Å²) < 4.78 is 0. The SMILES string of the molecule is CCC1CC1Nc1ccc(N)c(C#N)c1. The average molecular weight is 201 g/mol. The molecule has 1 aliphatic carbocycles. The van der Waals surface area contributed by atoms with Crippen molar-refractivity contribution < 1.29 is 0 Å². The molecule has 0 spiro atoms. The zero-order valence-corrected chi connectivity index (χ0v) is 8.83. The van der Waals surface area contributed by atoms with Gasteiger partial charge in [-0.2, -0.15) is 5.26 Å². The number of hydrogen-bond acceptors (Lipinski definition) is 3. The van der Waals surface area contributed by atoms with Crippen molar-refractivity contribution in [2.75, 3.05) is 11.1 Å². The zero-order chi connectivity index (χ0) is 10.8. The molecule has 3 heteroatoms. The maximum Gasteiger partial charge on any atom is 0.101 e. The highest BCUT2D eigenvalue weighted by Crippen LogP contribution is 2.36. The molecule has 1 aromatic rings. The van der Waals surface area contributed by atoms with Crippen LogP contribution in [0.3, 0.4) is 0 Å². The molecule has 2 unspecified atom stereocenters. The lowest BCUT2D eigenvalue weighted by Gasteiger charge is -2.06. The molecule has 1 aromatic carbocycles. The minimum Gasteiger partial charge on any atom is -0.398 e. The van der Waals surface area contributed by atoms with Crippen LogP contribution in [0.4, 0.5) is 11.4 Å². The Bertz CT molecular complexity index is 406. The maximum atomic E-state index is 8.83. The van der Waals surface area contributed by atoms with Crippen LogP contribution in [-0.4, -0.2) is 6.04 Å². The molecule has 0 radical (unpaired) electrons. The first-order chi connectivity index (χ1) is 7.24. The summed E-state index contributed by atoms with van der Waals surface area (Å²) in [5.41, 5.74) is 7.75. The van der Waals surface area contributed by atoms with Gasteiger partial charge in [-0.3, -0.25) is 0 Å². The van der Waals surface area contributed by atoms with Gasteiger partial charge in [0.2, 0.25) is 0 Å². The predicted octanol–water partition coefficient (Wildman–Crippen LogP) is 2.35. The van der Waals surface area contributed by atoms with Gasteiger partial charge >= 0.3 is 0 Å². The van der Waals surface area contributed by atoms with E-state index in [4.69, 9.17) is 11.0 Å². The second-order valence-electron chi connectivity index (χ2n) is 4.07. The number of rotatable bonds is 3. The van der Waals surface area contributed by atoms with Crippen LogP contribution >= 0.6 is 0 Å². The van der Waals surface area contributed by atoms with Crippen molar-refractivity contribution in [2.45, 2.75) is 25.8 Å². The molecule has 0 aliphatic heterocycles. The Kier molecular flexibility index (Phi) is 2.51. The van der Waals surface area contributed by atoms with E-state index in [1.54, 1.807) is 6.07 Å². The number of anilines is 2. The van der Waals surface area contributed by atoms with E-state index in [-0.39, 0.29) is 0 Å². The van der Waals surface area contributed by atoms with Crippen molar-refractivity contribution in [3.63, 3.8) is 0 Å². The molecule has 1 fully saturated rings. The maximum absolute atomic E-state index is 8.83. The molecule has 2 atom stereocenters. The van der Waals surface area contributed by atoms with E-state index in [0.29, 0.717) is 17.3 Å². The van der Waals surface area contributed by atoms with E-state index in [0.717, 1.165) is 11.6 Å². The molecule has 0 saturated heterocycles. The van der Waals surface area contributed by atoms with Gasteiger partial charge in [-0.05, 0) is 30.5 Å². The van der Waals surface area contributed by atoms with Gasteiger partial charge in [-0.25, -0.2) is 0 Å². The number of nitriles is 1. The van der Waals surface area contributed by atoms with Gasteiger partial charge in [0, 0.05) is 17.4 Å². The first-order valence-corrected chi connectivity index (χ1v) is 5.30. The van der Waals surface area contributed by atoms with Crippen LogP contribution < -0.4 is 11.1 Å². The number of hydrogen-bond donors (Lipinski definition) is 2. The summed E-state index contributed by atoms with van der Waals surface area (Å²) in [5.74, 6) is 0.799. The highest BCUT2D eigenvalue weighted by molar-refractivity contribution is 5.62. The average Bonchev–Trinajstić information content (AvgIpc) is 2.99. The van der Waals surface area contributed by atoms with Crippen LogP contribution in [-0.2, 0) is 0 Å². The molecule has 1 saturated carbocycles. The Morgan fingerprint density at radius 3 is 3.00 bits per heavy atom. The van der Waals surface area contributed by atoms with Crippen LogP contribution in [0.1, 0.15) is 25.3 Å². The van der Waals surface area contributed by atoms with Gasteiger partial charge in [0.1, 0.15) is 6.07 Å². The van der Waals surface area contributed by atoms with Crippen molar-refractivity contribution in [3.05, 3.63) is 23.8 Å². The highest BCUT2D eigenvalue weighted by atomic mass is 15.0. The summed E-state index contributed by atoms with van der Waals surface area (Å²) in [7, 11) is 0. The van der Waals surface area contributed by atoms with Crippen molar-refractivity contribution in [1.29, 1.82) is 5.26 Å². The Labute approximate surface area is 89.9 Å². The molecule has 1 aliphatic rings. The molecular weight excluding hydrogens is 186 g/mol. The number of nitrogens with zero attached hydrogens (tertiary/aromatic N) is 1. The first kappa shape index (κ1) is 9.85. The summed E-state index contributed by atoms with van der Waals surface area (Å²) >= 11 is 0. The molecule has 0 bridgehead atoms. The fraction of sp³-hybridized carbons (Fsp3) is 0.417. The molecule has 0 amide bonds. The van der Waals surface area contributed by atoms with Gasteiger partial charge in [-0.15, -0.1) is 0 Å². The Balaban J connectivity index is 2.07. The third-order valence-electron chi connectivity index (χ3n) is 2.97. The Morgan fingerprint density at radius 2 is 2.40 bits per heavy atom. The fourth-order valence-electron chi connectivity index (χ4n) is 1.83. The summed E-state index contributed by atoms with van der Waals surface area (Å²) in [6, 6.07) is 8.21. The van der Waals surface area contributed by atoms with Crippen LogP contribution in [0.5, 0.6) is 0 Å². The van der Waals surface area contributed by atoms with E-state index >= 15 is 0 Å². The lowest BCUT2D eigenvalue weighted by atomic mass is 10.2. The second-order valence-corrected chi connectivity index (χ2v) is 4.07. The fourth-order valence-corrected chi connectivity index (χ4v) is 1.83. The zero-order valence-electron chi connectivity index (χ0n) is 8.83. The lowest BCUT2D eigenvalue weighted by Crippen LogP contribution is -2.04. The molecule has 0 aromatic heterocycles. The van der Waals surface area contributed by atoms with Gasteiger partial charge < -0.3 is 11.1 Å². The summed E-state index contributed by atoms with van der Waals surface area (Å²) in [6.07, 6.45) is 2.46. The van der Waals surface area contributed by atoms with Gasteiger partial charge in [-0.1, -0.05) is 13.3 Å². The lowest BCUT2D eigenvalue weighted by molar-refractivity contribution is 0.775. The summed E-state index contributed by atoms with van der Waals surface area (Å²) in [5, 5.41) is 12.2. The van der Waals surface area contributed by atoms with Crippen LogP contribution in [0, 0.1) is 17.2 Å². The van der Waals surface area contributed by atoms with Crippen molar-refractivity contribution in [2.24, 2.45) is 5.92 Å². The monoisotopic (exact) mass is 201 g/mol. The van der Waals surface area contributed by atoms with Gasteiger partial charge in [0.15, 0.2) is 0 Å². The van der Waals surface area contributed by atoms with E-state index in [9.17, 15) is 0 Å². The van der Waals surface area contributed by atoms with E-state index in [1.165, 1.54) is 12.8 Å². The first-order valence-electron chi connectivity index (χ1n) is 5.30. The van der Waals surface area contributed by atoms with Crippen LogP contribution in [0.15, 0.2) is 18.2 Å². The largest absolute Gasteiger partial charge is 0.398 e. The molecule has 3 N–H and O–H groups in total. The second kappa shape index (κ2) is 3.82. The van der Waals surface area contributed by atoms with E-state index in [2.05, 4.69) is 18.3 Å². The third-order valence-corrected chi connectivity index (χ3v) is 2.97. The molecule has 0 heterocycles. The standard InChI is InChI=1S/C12H15N3/c1-2-8-6-12(8)15-10-3-4-11(14)9(5-10)7-13/h3-5,8,12,15H,2,6,14H2,1H3. The smallest absolute Gasteiger partial charge is 0.101 e. The highest BCUT2D eigenvalue weighted by Gasteiger charge is 2.34. The van der Waals surface area contributed by atoms with Crippen LogP contribution in [0.25, 0.3) is 0 Å². The minimum absolute atomic E-state index is 0.547. The minimum atomic E-state index is 0.547. The Hall–Kier alpha value is -1.69. The quantitative estimate of drug-likeness (QED) is 0.738. The number of nitrogens with two attached hydrogens (primary N) is 1. The van der Waals surface area contributed by atoms with Crippen molar-refractivity contribution in [3.8, 4) is 6.07 Å². The third kappa shape index (κ3) is 2.04. The number of nitrogens with one attached hydrogen (secondary N) is 1. The van der Waals surface area contributed by atoms with E-state index < -0.39 is 0 Å². The number of nitrogen functional groups attached to an aromatic ring is 1. The van der Waals surface area contributed by atoms with Crippen molar-refractivity contribution >= 4 is 11.4 Å². The molecule has 3 nitrogen and oxygen atoms in total. The van der Waals surface area contributed by atoms with Gasteiger partial charge in [0.05, 0.1) is 5.56 Å². The molecule has 15 heavy (non-hydrogen) atoms. The number of benzene rings is 1. The molecule has 2 rings (SSSR count). The van der Waals surface area contributed by atoms with E-state index in [1.807, 2.05) is 12.1 Å². The topological polar surface area (TPSA) is 61.8 Å². The summed E-state index contributed by atoms with van der Waals surface area (Å²) in [4.78, 5) is 0. The normalized spacial score (nSPS) is 23.2. The van der Waals surface area contributed by atoms with Crippen LogP contribution in [0.2, 0.25) is 0 Å². The molecule has 78 valence electrons.